The molecule has 1 aliphatic rings. The van der Waals surface area contributed by atoms with E-state index in [1.165, 1.54) is 25.7 Å². The quantitative estimate of drug-likeness (QED) is 0.568. The van der Waals surface area contributed by atoms with Crippen LogP contribution in [0.25, 0.3) is 16.9 Å². The van der Waals surface area contributed by atoms with Crippen LogP contribution in [0.1, 0.15) is 57.6 Å². The maximum absolute atomic E-state index is 10.0. The third-order valence-electron chi connectivity index (χ3n) is 5.75. The summed E-state index contributed by atoms with van der Waals surface area (Å²) in [6.45, 7) is 8.52. The number of rotatable bonds is 5. The molecule has 168 valence electrons. The molecule has 0 unspecified atom stereocenters. The van der Waals surface area contributed by atoms with E-state index in [2.05, 4.69) is 47.4 Å². The molecule has 0 radical (unpaired) electrons. The van der Waals surface area contributed by atoms with Crippen molar-refractivity contribution in [3.05, 3.63) is 47.9 Å². The molecule has 3 aromatic heterocycles. The highest BCUT2D eigenvalue weighted by atomic mass is 16.1. The maximum atomic E-state index is 10.0. The highest BCUT2D eigenvalue weighted by molar-refractivity contribution is 5.79. The second-order valence-corrected chi connectivity index (χ2v) is 8.83. The average Bonchev–Trinajstić information content (AvgIpc) is 3.20. The number of carbonyl (C=O) groups excluding carboxylic acids is 1. The SMILES string of the molecule is CC1CCC(NC=O)CC1.Cc1cnc(-n2ccc3cc(C#N)cnc32)cc1NC(C)C. The molecule has 4 rings (SSSR count). The van der Waals surface area contributed by atoms with Gasteiger partial charge in [-0.25, -0.2) is 9.97 Å². The van der Waals surface area contributed by atoms with Gasteiger partial charge in [-0.05, 0) is 70.1 Å². The van der Waals surface area contributed by atoms with Crippen molar-refractivity contribution in [3.63, 3.8) is 0 Å². The number of nitrogens with one attached hydrogen (secondary N) is 2. The van der Waals surface area contributed by atoms with Crippen LogP contribution < -0.4 is 10.6 Å². The van der Waals surface area contributed by atoms with Crippen molar-refractivity contribution in [2.24, 2.45) is 5.92 Å². The number of pyridine rings is 2. The molecule has 1 aliphatic carbocycles. The summed E-state index contributed by atoms with van der Waals surface area (Å²) in [6, 6.07) is 8.73. The lowest BCUT2D eigenvalue weighted by molar-refractivity contribution is -0.110. The van der Waals surface area contributed by atoms with Crippen LogP contribution in [0.15, 0.2) is 36.8 Å². The molecule has 0 aromatic carbocycles. The van der Waals surface area contributed by atoms with E-state index in [4.69, 9.17) is 5.26 Å². The first kappa shape index (κ1) is 23.3. The molecule has 1 saturated carbocycles. The molecule has 3 aromatic rings. The van der Waals surface area contributed by atoms with Gasteiger partial charge in [-0.2, -0.15) is 5.26 Å². The van der Waals surface area contributed by atoms with Gasteiger partial charge < -0.3 is 10.6 Å². The lowest BCUT2D eigenvalue weighted by atomic mass is 9.87. The standard InChI is InChI=1S/C17H17N5.C8H15NO/c1-11(2)21-15-7-16(19-9-12(15)3)22-5-4-14-6-13(8-18)10-20-17(14)22;1-7-2-4-8(5-3-7)9-6-10/h4-7,9-11H,1-3H3,(H,19,21);6-8H,2-5H2,1H3,(H,9,10). The summed E-state index contributed by atoms with van der Waals surface area (Å²) in [7, 11) is 0. The summed E-state index contributed by atoms with van der Waals surface area (Å²) < 4.78 is 1.93. The summed E-state index contributed by atoms with van der Waals surface area (Å²) in [6.07, 6.45) is 11.1. The van der Waals surface area contributed by atoms with Crippen LogP contribution in [-0.4, -0.2) is 33.0 Å². The molecule has 0 atom stereocenters. The van der Waals surface area contributed by atoms with Crippen LogP contribution >= 0.6 is 0 Å². The van der Waals surface area contributed by atoms with E-state index in [1.807, 2.05) is 42.1 Å². The Morgan fingerprint density at radius 1 is 1.19 bits per heavy atom. The number of hydrogen-bond acceptors (Lipinski definition) is 5. The lowest BCUT2D eigenvalue weighted by Crippen LogP contribution is -2.31. The number of carbonyl (C=O) groups is 1. The molecule has 0 aliphatic heterocycles. The normalized spacial score (nSPS) is 17.9. The van der Waals surface area contributed by atoms with Crippen LogP contribution in [0.4, 0.5) is 5.69 Å². The smallest absolute Gasteiger partial charge is 0.207 e. The van der Waals surface area contributed by atoms with E-state index in [0.29, 0.717) is 17.6 Å². The number of hydrogen-bond donors (Lipinski definition) is 2. The van der Waals surface area contributed by atoms with Gasteiger partial charge in [0.2, 0.25) is 6.41 Å². The van der Waals surface area contributed by atoms with E-state index in [1.54, 1.807) is 6.20 Å². The monoisotopic (exact) mass is 432 g/mol. The van der Waals surface area contributed by atoms with Crippen molar-refractivity contribution in [3.8, 4) is 11.9 Å². The Balaban J connectivity index is 0.000000243. The third-order valence-corrected chi connectivity index (χ3v) is 5.75. The van der Waals surface area contributed by atoms with Crippen LogP contribution in [-0.2, 0) is 4.79 Å². The van der Waals surface area contributed by atoms with E-state index in [9.17, 15) is 4.79 Å². The second kappa shape index (κ2) is 10.8. The fourth-order valence-corrected chi connectivity index (χ4v) is 3.90. The Kier molecular flexibility index (Phi) is 7.82. The second-order valence-electron chi connectivity index (χ2n) is 8.83. The first-order chi connectivity index (χ1) is 15.4. The van der Waals surface area contributed by atoms with Gasteiger partial charge in [0.15, 0.2) is 0 Å². The van der Waals surface area contributed by atoms with E-state index in [-0.39, 0.29) is 0 Å². The molecule has 0 spiro atoms. The van der Waals surface area contributed by atoms with Gasteiger partial charge in [0.25, 0.3) is 0 Å². The predicted octanol–water partition coefficient (Wildman–Crippen LogP) is 4.73. The Morgan fingerprint density at radius 3 is 2.59 bits per heavy atom. The molecule has 32 heavy (non-hydrogen) atoms. The third kappa shape index (κ3) is 5.85. The fraction of sp³-hybridized carbons (Fsp3) is 0.440. The zero-order valence-corrected chi connectivity index (χ0v) is 19.3. The molecular weight excluding hydrogens is 400 g/mol. The highest BCUT2D eigenvalue weighted by Gasteiger charge is 2.16. The maximum Gasteiger partial charge on any atom is 0.207 e. The minimum Gasteiger partial charge on any atom is -0.383 e. The minimum atomic E-state index is 0.353. The van der Waals surface area contributed by atoms with Crippen LogP contribution in [0.5, 0.6) is 0 Å². The average molecular weight is 433 g/mol. The molecule has 0 saturated heterocycles. The first-order valence-electron chi connectivity index (χ1n) is 11.2. The topological polar surface area (TPSA) is 95.6 Å². The number of amides is 1. The Morgan fingerprint density at radius 2 is 1.94 bits per heavy atom. The molecular formula is C25H32N6O. The highest BCUT2D eigenvalue weighted by Crippen LogP contribution is 2.23. The fourth-order valence-electron chi connectivity index (χ4n) is 3.90. The van der Waals surface area contributed by atoms with Gasteiger partial charge in [0.05, 0.1) is 5.56 Å². The van der Waals surface area contributed by atoms with Crippen molar-refractivity contribution in [2.45, 2.75) is 65.5 Å². The van der Waals surface area contributed by atoms with Gasteiger partial charge in [0, 0.05) is 47.8 Å². The van der Waals surface area contributed by atoms with Gasteiger partial charge in [0.1, 0.15) is 17.5 Å². The molecule has 3 heterocycles. The van der Waals surface area contributed by atoms with Crippen LogP contribution in [0.3, 0.4) is 0 Å². The Bertz CT molecular complexity index is 1090. The van der Waals surface area contributed by atoms with Crippen molar-refractivity contribution in [2.75, 3.05) is 5.32 Å². The van der Waals surface area contributed by atoms with Crippen molar-refractivity contribution in [1.29, 1.82) is 5.26 Å². The Labute approximate surface area is 189 Å². The lowest BCUT2D eigenvalue weighted by Gasteiger charge is -2.25. The number of aryl methyl sites for hydroxylation is 1. The van der Waals surface area contributed by atoms with Gasteiger partial charge in [-0.1, -0.05) is 6.92 Å². The number of aromatic nitrogens is 3. The largest absolute Gasteiger partial charge is 0.383 e. The summed E-state index contributed by atoms with van der Waals surface area (Å²) in [5, 5.41) is 16.1. The minimum absolute atomic E-state index is 0.353. The zero-order valence-electron chi connectivity index (χ0n) is 19.3. The number of fused-ring (bicyclic) bond motifs is 1. The Hall–Kier alpha value is -3.40. The number of nitrogens with zero attached hydrogens (tertiary/aromatic N) is 4. The van der Waals surface area contributed by atoms with Gasteiger partial charge in [-0.3, -0.25) is 9.36 Å². The summed E-state index contributed by atoms with van der Waals surface area (Å²) in [4.78, 5) is 18.9. The number of nitriles is 1. The summed E-state index contributed by atoms with van der Waals surface area (Å²) in [5.74, 6) is 1.67. The van der Waals surface area contributed by atoms with Gasteiger partial charge >= 0.3 is 0 Å². The predicted molar refractivity (Wildman–Crippen MR) is 128 cm³/mol. The molecule has 1 amide bonds. The molecule has 7 nitrogen and oxygen atoms in total. The van der Waals surface area contributed by atoms with E-state index < -0.39 is 0 Å². The van der Waals surface area contributed by atoms with Crippen LogP contribution in [0.2, 0.25) is 0 Å². The molecule has 1 fully saturated rings. The molecule has 0 bridgehead atoms. The van der Waals surface area contributed by atoms with E-state index >= 15 is 0 Å². The number of anilines is 1. The van der Waals surface area contributed by atoms with Gasteiger partial charge in [-0.15, -0.1) is 0 Å². The molecule has 7 heteroatoms. The van der Waals surface area contributed by atoms with Crippen LogP contribution in [0, 0.1) is 24.2 Å². The van der Waals surface area contributed by atoms with E-state index in [0.717, 1.165) is 40.4 Å². The van der Waals surface area contributed by atoms with Crippen molar-refractivity contribution >= 4 is 23.1 Å². The first-order valence-corrected chi connectivity index (χ1v) is 11.2. The van der Waals surface area contributed by atoms with Crippen molar-refractivity contribution in [1.82, 2.24) is 19.9 Å². The summed E-state index contributed by atoms with van der Waals surface area (Å²) >= 11 is 0. The molecule has 2 N–H and O–H groups in total. The zero-order chi connectivity index (χ0) is 23.1. The van der Waals surface area contributed by atoms with Crippen molar-refractivity contribution < 1.29 is 4.79 Å². The summed E-state index contributed by atoms with van der Waals surface area (Å²) in [5.41, 5.74) is 3.53.